The summed E-state index contributed by atoms with van der Waals surface area (Å²) in [5, 5.41) is 0. The van der Waals surface area contributed by atoms with Gasteiger partial charge in [-0.25, -0.2) is 13.4 Å². The van der Waals surface area contributed by atoms with Crippen LogP contribution in [0.25, 0.3) is 0 Å². The number of nitrogens with zero attached hydrogens (tertiary/aromatic N) is 1. The van der Waals surface area contributed by atoms with Gasteiger partial charge in [0.05, 0.1) is 12.3 Å². The van der Waals surface area contributed by atoms with Crippen molar-refractivity contribution < 1.29 is 13.2 Å². The molecule has 0 fully saturated rings. The Morgan fingerprint density at radius 3 is 2.73 bits per heavy atom. The number of rotatable bonds is 4. The maximum atomic E-state index is 11.1. The lowest BCUT2D eigenvalue weighted by molar-refractivity contribution is 0.181. The minimum Gasteiger partial charge on any atom is -0.378 e. The van der Waals surface area contributed by atoms with E-state index in [-0.39, 0.29) is 23.7 Å². The van der Waals surface area contributed by atoms with Gasteiger partial charge in [-0.15, -0.1) is 0 Å². The lowest BCUT2D eigenvalue weighted by atomic mass is 10.4. The van der Waals surface area contributed by atoms with Gasteiger partial charge in [0, 0.05) is 19.4 Å². The van der Waals surface area contributed by atoms with E-state index in [2.05, 4.69) is 9.97 Å². The van der Waals surface area contributed by atoms with Gasteiger partial charge in [0.1, 0.15) is 11.6 Å². The predicted octanol–water partition coefficient (Wildman–Crippen LogP) is -0.539. The maximum Gasteiger partial charge on any atom is 0.251 e. The van der Waals surface area contributed by atoms with Crippen molar-refractivity contribution in [1.82, 2.24) is 9.97 Å². The highest BCUT2D eigenvalue weighted by molar-refractivity contribution is 7.89. The molecule has 1 aromatic rings. The van der Waals surface area contributed by atoms with Crippen LogP contribution in [0, 0.1) is 0 Å². The lowest BCUT2D eigenvalue weighted by Crippen LogP contribution is -2.15. The van der Waals surface area contributed by atoms with Crippen LogP contribution in [0.3, 0.4) is 0 Å². The fourth-order valence-corrected chi connectivity index (χ4v) is 1.74. The highest BCUT2D eigenvalue weighted by Gasteiger charge is 2.08. The van der Waals surface area contributed by atoms with E-state index in [1.807, 2.05) is 0 Å². The molecule has 1 aromatic heterocycles. The van der Waals surface area contributed by atoms with Crippen LogP contribution in [0.15, 0.2) is 10.9 Å². The van der Waals surface area contributed by atoms with Gasteiger partial charge in [-0.05, 0) is 0 Å². The number of ether oxygens (including phenoxy) is 1. The van der Waals surface area contributed by atoms with Crippen LogP contribution in [0.4, 0.5) is 0 Å². The molecule has 0 aromatic carbocycles. The van der Waals surface area contributed by atoms with Crippen molar-refractivity contribution in [3.05, 3.63) is 27.9 Å². The summed E-state index contributed by atoms with van der Waals surface area (Å²) in [5.74, 6) is -0.142. The molecule has 0 atom stereocenters. The normalized spacial score (nSPS) is 11.6. The third-order valence-corrected chi connectivity index (χ3v) is 2.33. The van der Waals surface area contributed by atoms with E-state index in [0.717, 1.165) is 6.26 Å². The molecule has 7 heteroatoms. The third-order valence-electron chi connectivity index (χ3n) is 1.53. The lowest BCUT2D eigenvalue weighted by Gasteiger charge is -2.02. The number of H-pyrrole nitrogens is 1. The minimum atomic E-state index is -3.20. The second-order valence-corrected chi connectivity index (χ2v) is 5.33. The van der Waals surface area contributed by atoms with Crippen molar-refractivity contribution in [2.45, 2.75) is 12.4 Å². The Kier molecular flexibility index (Phi) is 3.59. The monoisotopic (exact) mass is 232 g/mol. The Morgan fingerprint density at radius 1 is 1.53 bits per heavy atom. The smallest absolute Gasteiger partial charge is 0.251 e. The Labute approximate surface area is 87.2 Å². The number of hydrogen-bond acceptors (Lipinski definition) is 5. The van der Waals surface area contributed by atoms with Gasteiger partial charge >= 0.3 is 0 Å². The summed E-state index contributed by atoms with van der Waals surface area (Å²) in [6.07, 6.45) is 1.08. The number of methoxy groups -OCH3 is 1. The number of aromatic nitrogens is 2. The second kappa shape index (κ2) is 4.54. The number of hydrogen-bond donors (Lipinski definition) is 1. The Hall–Kier alpha value is -1.21. The molecule has 0 amide bonds. The van der Waals surface area contributed by atoms with E-state index in [1.54, 1.807) is 0 Å². The fourth-order valence-electron chi connectivity index (χ4n) is 1.10. The number of sulfone groups is 1. The van der Waals surface area contributed by atoms with E-state index < -0.39 is 9.84 Å². The SMILES string of the molecule is COCc1cc(=O)[nH]c(CS(C)(=O)=O)n1. The van der Waals surface area contributed by atoms with Crippen molar-refractivity contribution in [1.29, 1.82) is 0 Å². The van der Waals surface area contributed by atoms with Crippen LogP contribution in [0.1, 0.15) is 11.5 Å². The van der Waals surface area contributed by atoms with Crippen LogP contribution in [0.5, 0.6) is 0 Å². The molecule has 0 aliphatic heterocycles. The molecule has 1 heterocycles. The summed E-state index contributed by atoms with van der Waals surface area (Å²) in [6, 6.07) is 1.27. The van der Waals surface area contributed by atoms with E-state index in [4.69, 9.17) is 4.74 Å². The molecule has 0 radical (unpaired) electrons. The maximum absolute atomic E-state index is 11.1. The largest absolute Gasteiger partial charge is 0.378 e. The van der Waals surface area contributed by atoms with Crippen molar-refractivity contribution >= 4 is 9.84 Å². The summed E-state index contributed by atoms with van der Waals surface area (Å²) in [5.41, 5.74) is 0.0376. The van der Waals surface area contributed by atoms with E-state index >= 15 is 0 Å². The molecule has 6 nitrogen and oxygen atoms in total. The zero-order valence-corrected chi connectivity index (χ0v) is 9.30. The summed E-state index contributed by atoms with van der Waals surface area (Å²) < 4.78 is 26.8. The first-order valence-electron chi connectivity index (χ1n) is 4.16. The van der Waals surface area contributed by atoms with Crippen molar-refractivity contribution in [2.75, 3.05) is 13.4 Å². The summed E-state index contributed by atoms with van der Waals surface area (Å²) in [4.78, 5) is 17.4. The van der Waals surface area contributed by atoms with E-state index in [1.165, 1.54) is 13.2 Å². The van der Waals surface area contributed by atoms with Crippen LogP contribution < -0.4 is 5.56 Å². The van der Waals surface area contributed by atoms with Gasteiger partial charge in [-0.1, -0.05) is 0 Å². The zero-order chi connectivity index (χ0) is 11.5. The molecule has 1 N–H and O–H groups in total. The number of nitrogens with one attached hydrogen (secondary N) is 1. The highest BCUT2D eigenvalue weighted by Crippen LogP contribution is 1.98. The summed E-state index contributed by atoms with van der Waals surface area (Å²) in [6.45, 7) is 0.181. The summed E-state index contributed by atoms with van der Waals surface area (Å²) >= 11 is 0. The molecule has 0 unspecified atom stereocenters. The molecular formula is C8H12N2O4S. The topological polar surface area (TPSA) is 89.1 Å². The standard InChI is InChI=1S/C8H12N2O4S/c1-14-4-6-3-8(11)10-7(9-6)5-15(2,12)13/h3H,4-5H2,1-2H3,(H,9,10,11). The Morgan fingerprint density at radius 2 is 2.20 bits per heavy atom. The van der Waals surface area contributed by atoms with Crippen molar-refractivity contribution in [3.63, 3.8) is 0 Å². The predicted molar refractivity (Wildman–Crippen MR) is 54.1 cm³/mol. The van der Waals surface area contributed by atoms with Crippen LogP contribution in [0.2, 0.25) is 0 Å². The average Bonchev–Trinajstić information content (AvgIpc) is 1.99. The van der Waals surface area contributed by atoms with Gasteiger partial charge < -0.3 is 9.72 Å². The Bertz CT molecular complexity index is 492. The van der Waals surface area contributed by atoms with Gasteiger partial charge in [0.15, 0.2) is 9.84 Å². The first-order chi connectivity index (χ1) is 6.90. The minimum absolute atomic E-state index is 0.136. The molecule has 0 aliphatic rings. The van der Waals surface area contributed by atoms with Crippen LogP contribution >= 0.6 is 0 Å². The van der Waals surface area contributed by atoms with Crippen molar-refractivity contribution in [2.24, 2.45) is 0 Å². The quantitative estimate of drug-likeness (QED) is 0.753. The zero-order valence-electron chi connectivity index (χ0n) is 8.48. The molecular weight excluding hydrogens is 220 g/mol. The number of aromatic amines is 1. The molecule has 0 bridgehead atoms. The average molecular weight is 232 g/mol. The van der Waals surface area contributed by atoms with E-state index in [9.17, 15) is 13.2 Å². The molecule has 0 spiro atoms. The second-order valence-electron chi connectivity index (χ2n) is 3.19. The van der Waals surface area contributed by atoms with Crippen LogP contribution in [-0.4, -0.2) is 31.8 Å². The van der Waals surface area contributed by atoms with Gasteiger partial charge in [0.25, 0.3) is 5.56 Å². The van der Waals surface area contributed by atoms with Crippen LogP contribution in [-0.2, 0) is 26.9 Å². The third kappa shape index (κ3) is 4.22. The fraction of sp³-hybridized carbons (Fsp3) is 0.500. The molecule has 1 rings (SSSR count). The first kappa shape index (κ1) is 11.9. The molecule has 15 heavy (non-hydrogen) atoms. The molecule has 0 aliphatic carbocycles. The molecule has 84 valence electrons. The first-order valence-corrected chi connectivity index (χ1v) is 6.22. The highest BCUT2D eigenvalue weighted by atomic mass is 32.2. The van der Waals surface area contributed by atoms with Gasteiger partial charge in [-0.2, -0.15) is 0 Å². The molecule has 0 saturated carbocycles. The molecule has 0 saturated heterocycles. The van der Waals surface area contributed by atoms with E-state index in [0.29, 0.717) is 5.69 Å². The van der Waals surface area contributed by atoms with Crippen molar-refractivity contribution in [3.8, 4) is 0 Å². The summed E-state index contributed by atoms with van der Waals surface area (Å²) in [7, 11) is -1.73. The van der Waals surface area contributed by atoms with Gasteiger partial charge in [0.2, 0.25) is 0 Å². The Balaban J connectivity index is 3.04. The van der Waals surface area contributed by atoms with Gasteiger partial charge in [-0.3, -0.25) is 4.79 Å².